The highest BCUT2D eigenvalue weighted by atomic mass is 79.9. The van der Waals surface area contributed by atoms with E-state index in [-0.39, 0.29) is 18.4 Å². The van der Waals surface area contributed by atoms with E-state index < -0.39 is 6.04 Å². The number of nitrogens with one attached hydrogen (secondary N) is 1. The zero-order valence-electron chi connectivity index (χ0n) is 19.7. The SMILES string of the molecule is CCCNC(=O)[C@H](Cc1ccccc1)N(Cc1cccc(Br)c1)C(=O)COc1ccc(C)cc1. The van der Waals surface area contributed by atoms with E-state index in [1.54, 1.807) is 4.90 Å². The molecule has 0 heterocycles. The average molecular weight is 523 g/mol. The van der Waals surface area contributed by atoms with Crippen molar-refractivity contribution in [3.05, 3.63) is 100 Å². The molecular formula is C28H31BrN2O3. The maximum atomic E-state index is 13.5. The Morgan fingerprint density at radius 1 is 0.971 bits per heavy atom. The summed E-state index contributed by atoms with van der Waals surface area (Å²) in [6, 6.07) is 24.5. The van der Waals surface area contributed by atoms with Crippen LogP contribution in [0.4, 0.5) is 0 Å². The number of ether oxygens (including phenoxy) is 1. The summed E-state index contributed by atoms with van der Waals surface area (Å²) in [5, 5.41) is 2.98. The summed E-state index contributed by atoms with van der Waals surface area (Å²) in [5.41, 5.74) is 3.04. The Labute approximate surface area is 210 Å². The summed E-state index contributed by atoms with van der Waals surface area (Å²) in [5.74, 6) is 0.217. The average Bonchev–Trinajstić information content (AvgIpc) is 2.85. The van der Waals surface area contributed by atoms with E-state index in [9.17, 15) is 9.59 Å². The Balaban J connectivity index is 1.88. The highest BCUT2D eigenvalue weighted by Crippen LogP contribution is 2.19. The smallest absolute Gasteiger partial charge is 0.261 e. The number of hydrogen-bond donors (Lipinski definition) is 1. The molecule has 0 fully saturated rings. The number of halogens is 1. The number of hydrogen-bond acceptors (Lipinski definition) is 3. The van der Waals surface area contributed by atoms with E-state index in [1.807, 2.05) is 92.7 Å². The Bertz CT molecular complexity index is 1070. The number of nitrogens with zero attached hydrogens (tertiary/aromatic N) is 1. The van der Waals surface area contributed by atoms with E-state index in [0.717, 1.165) is 27.6 Å². The molecule has 0 bridgehead atoms. The molecule has 34 heavy (non-hydrogen) atoms. The molecular weight excluding hydrogens is 492 g/mol. The number of carbonyl (C=O) groups is 2. The third-order valence-corrected chi connectivity index (χ3v) is 5.94. The van der Waals surface area contributed by atoms with Crippen LogP contribution in [0.3, 0.4) is 0 Å². The van der Waals surface area contributed by atoms with Crippen molar-refractivity contribution in [2.24, 2.45) is 0 Å². The molecule has 0 spiro atoms. The van der Waals surface area contributed by atoms with Crippen LogP contribution in [0.1, 0.15) is 30.0 Å². The van der Waals surface area contributed by atoms with Crippen LogP contribution in [-0.4, -0.2) is 35.9 Å². The second kappa shape index (κ2) is 12.9. The summed E-state index contributed by atoms with van der Waals surface area (Å²) in [6.45, 7) is 4.71. The number of rotatable bonds is 11. The topological polar surface area (TPSA) is 58.6 Å². The van der Waals surface area contributed by atoms with E-state index in [2.05, 4.69) is 21.2 Å². The predicted octanol–water partition coefficient (Wildman–Crippen LogP) is 5.30. The molecule has 0 saturated carbocycles. The summed E-state index contributed by atoms with van der Waals surface area (Å²) >= 11 is 3.50. The van der Waals surface area contributed by atoms with Crippen molar-refractivity contribution in [3.8, 4) is 5.75 Å². The number of aryl methyl sites for hydroxylation is 1. The van der Waals surface area contributed by atoms with Gasteiger partial charge in [-0.3, -0.25) is 9.59 Å². The summed E-state index contributed by atoms with van der Waals surface area (Å²) < 4.78 is 6.71. The molecule has 1 atom stereocenters. The predicted molar refractivity (Wildman–Crippen MR) is 139 cm³/mol. The molecule has 0 saturated heterocycles. The zero-order chi connectivity index (χ0) is 24.3. The maximum Gasteiger partial charge on any atom is 0.261 e. The molecule has 0 aliphatic rings. The largest absolute Gasteiger partial charge is 0.484 e. The molecule has 0 unspecified atom stereocenters. The first-order chi connectivity index (χ1) is 16.5. The van der Waals surface area contributed by atoms with Gasteiger partial charge in [0.2, 0.25) is 5.91 Å². The van der Waals surface area contributed by atoms with E-state index >= 15 is 0 Å². The molecule has 0 aliphatic heterocycles. The van der Waals surface area contributed by atoms with Crippen LogP contribution in [-0.2, 0) is 22.6 Å². The minimum Gasteiger partial charge on any atom is -0.484 e. The van der Waals surface area contributed by atoms with Crippen molar-refractivity contribution in [2.45, 2.75) is 39.3 Å². The Morgan fingerprint density at radius 2 is 1.68 bits per heavy atom. The van der Waals surface area contributed by atoms with E-state index in [4.69, 9.17) is 4.74 Å². The molecule has 5 nitrogen and oxygen atoms in total. The summed E-state index contributed by atoms with van der Waals surface area (Å²) in [4.78, 5) is 28.4. The van der Waals surface area contributed by atoms with Crippen LogP contribution >= 0.6 is 15.9 Å². The van der Waals surface area contributed by atoms with E-state index in [0.29, 0.717) is 25.3 Å². The maximum absolute atomic E-state index is 13.5. The fourth-order valence-electron chi connectivity index (χ4n) is 3.61. The molecule has 1 N–H and O–H groups in total. The van der Waals surface area contributed by atoms with Gasteiger partial charge < -0.3 is 15.0 Å². The lowest BCUT2D eigenvalue weighted by Gasteiger charge is -2.31. The van der Waals surface area contributed by atoms with Gasteiger partial charge in [-0.2, -0.15) is 0 Å². The monoisotopic (exact) mass is 522 g/mol. The third-order valence-electron chi connectivity index (χ3n) is 5.45. The minimum atomic E-state index is -0.665. The van der Waals surface area contributed by atoms with Crippen LogP contribution < -0.4 is 10.1 Å². The van der Waals surface area contributed by atoms with Crippen LogP contribution in [0.5, 0.6) is 5.75 Å². The van der Waals surface area contributed by atoms with Crippen molar-refractivity contribution < 1.29 is 14.3 Å². The number of carbonyl (C=O) groups excluding carboxylic acids is 2. The van der Waals surface area contributed by atoms with E-state index in [1.165, 1.54) is 0 Å². The Morgan fingerprint density at radius 3 is 2.35 bits per heavy atom. The zero-order valence-corrected chi connectivity index (χ0v) is 21.3. The fraction of sp³-hybridized carbons (Fsp3) is 0.286. The van der Waals surface area contributed by atoms with Gasteiger partial charge in [0.1, 0.15) is 11.8 Å². The van der Waals surface area contributed by atoms with Gasteiger partial charge in [0.15, 0.2) is 6.61 Å². The van der Waals surface area contributed by atoms with Gasteiger partial charge >= 0.3 is 0 Å². The Hall–Kier alpha value is -3.12. The quantitative estimate of drug-likeness (QED) is 0.371. The van der Waals surface area contributed by atoms with Gasteiger partial charge in [-0.25, -0.2) is 0 Å². The summed E-state index contributed by atoms with van der Waals surface area (Å²) in [7, 11) is 0. The Kier molecular flexibility index (Phi) is 9.71. The van der Waals surface area contributed by atoms with Crippen LogP contribution in [0.15, 0.2) is 83.3 Å². The second-order valence-corrected chi connectivity index (χ2v) is 9.17. The van der Waals surface area contributed by atoms with Crippen molar-refractivity contribution >= 4 is 27.7 Å². The van der Waals surface area contributed by atoms with Crippen LogP contribution in [0, 0.1) is 6.92 Å². The number of amides is 2. The molecule has 3 aromatic carbocycles. The fourth-order valence-corrected chi connectivity index (χ4v) is 4.06. The third kappa shape index (κ3) is 7.73. The molecule has 0 aromatic heterocycles. The van der Waals surface area contributed by atoms with Gasteiger partial charge in [-0.1, -0.05) is 83.0 Å². The van der Waals surface area contributed by atoms with Gasteiger partial charge in [0.05, 0.1) is 0 Å². The lowest BCUT2D eigenvalue weighted by atomic mass is 10.0. The van der Waals surface area contributed by atoms with Crippen molar-refractivity contribution in [1.29, 1.82) is 0 Å². The second-order valence-electron chi connectivity index (χ2n) is 8.25. The van der Waals surface area contributed by atoms with Crippen LogP contribution in [0.25, 0.3) is 0 Å². The van der Waals surface area contributed by atoms with Gasteiger partial charge in [-0.15, -0.1) is 0 Å². The standard InChI is InChI=1S/C28H31BrN2O3/c1-3-16-30-28(33)26(18-22-8-5-4-6-9-22)31(19-23-10-7-11-24(29)17-23)27(32)20-34-25-14-12-21(2)13-15-25/h4-15,17,26H,3,16,18-20H2,1-2H3,(H,30,33)/t26-/m0/s1. The molecule has 6 heteroatoms. The van der Waals surface area contributed by atoms with Crippen molar-refractivity contribution in [1.82, 2.24) is 10.2 Å². The number of benzene rings is 3. The lowest BCUT2D eigenvalue weighted by Crippen LogP contribution is -2.51. The van der Waals surface area contributed by atoms with Crippen molar-refractivity contribution in [2.75, 3.05) is 13.2 Å². The highest BCUT2D eigenvalue weighted by Gasteiger charge is 2.30. The molecule has 3 aromatic rings. The first kappa shape index (κ1) is 25.5. The van der Waals surface area contributed by atoms with Gasteiger partial charge in [0, 0.05) is 24.0 Å². The molecule has 0 aliphatic carbocycles. The minimum absolute atomic E-state index is 0.149. The normalized spacial score (nSPS) is 11.5. The van der Waals surface area contributed by atoms with Crippen LogP contribution in [0.2, 0.25) is 0 Å². The lowest BCUT2D eigenvalue weighted by molar-refractivity contribution is -0.142. The molecule has 2 amide bonds. The first-order valence-corrected chi connectivity index (χ1v) is 12.3. The van der Waals surface area contributed by atoms with Gasteiger partial charge in [-0.05, 0) is 48.7 Å². The first-order valence-electron chi connectivity index (χ1n) is 11.5. The summed E-state index contributed by atoms with van der Waals surface area (Å²) in [6.07, 6.45) is 1.24. The van der Waals surface area contributed by atoms with Crippen molar-refractivity contribution in [3.63, 3.8) is 0 Å². The highest BCUT2D eigenvalue weighted by molar-refractivity contribution is 9.10. The molecule has 178 valence electrons. The van der Waals surface area contributed by atoms with Gasteiger partial charge in [0.25, 0.3) is 5.91 Å². The molecule has 0 radical (unpaired) electrons. The molecule has 3 rings (SSSR count).